The zero-order valence-corrected chi connectivity index (χ0v) is 11.7. The largest absolute Gasteiger partial charge is 0.491 e. The molecule has 0 aromatic heterocycles. The fraction of sp³-hybridized carbons (Fsp3) is 0.294. The molecule has 3 rings (SSSR count). The molecule has 0 aliphatic carbocycles. The van der Waals surface area contributed by atoms with E-state index in [9.17, 15) is 5.11 Å². The fourth-order valence-electron chi connectivity index (χ4n) is 2.62. The zero-order chi connectivity index (χ0) is 13.9. The minimum absolute atomic E-state index is 0.0891. The van der Waals surface area contributed by atoms with E-state index in [1.165, 1.54) is 0 Å². The molecule has 1 heterocycles. The van der Waals surface area contributed by atoms with Crippen molar-refractivity contribution in [2.24, 2.45) is 0 Å². The highest BCUT2D eigenvalue weighted by atomic mass is 16.5. The molecule has 0 amide bonds. The first-order valence-electron chi connectivity index (χ1n) is 6.99. The predicted octanol–water partition coefficient (Wildman–Crippen LogP) is 3.41. The molecule has 0 unspecified atom stereocenters. The minimum Gasteiger partial charge on any atom is -0.491 e. The number of aryl methyl sites for hydroxylation is 1. The summed E-state index contributed by atoms with van der Waals surface area (Å²) in [5, 5.41) is 9.29. The van der Waals surface area contributed by atoms with Crippen LogP contribution >= 0.6 is 0 Å². The Balaban J connectivity index is 2.03. The van der Waals surface area contributed by atoms with Crippen molar-refractivity contribution in [1.29, 1.82) is 0 Å². The number of benzene rings is 2. The summed E-state index contributed by atoms with van der Waals surface area (Å²) in [6, 6.07) is 14.4. The summed E-state index contributed by atoms with van der Waals surface area (Å²) in [7, 11) is 0. The number of ether oxygens (including phenoxy) is 1. The molecule has 0 radical (unpaired) electrons. The molecular weight excluding hydrogens is 250 g/mol. The van der Waals surface area contributed by atoms with E-state index in [1.54, 1.807) is 0 Å². The van der Waals surface area contributed by atoms with Crippen LogP contribution < -0.4 is 9.64 Å². The third kappa shape index (κ3) is 2.37. The third-order valence-corrected chi connectivity index (χ3v) is 3.75. The first-order chi connectivity index (χ1) is 9.79. The first kappa shape index (κ1) is 13.0. The van der Waals surface area contributed by atoms with Crippen molar-refractivity contribution >= 4 is 11.4 Å². The van der Waals surface area contributed by atoms with Crippen LogP contribution in [0.15, 0.2) is 42.5 Å². The van der Waals surface area contributed by atoms with Gasteiger partial charge in [0.1, 0.15) is 5.75 Å². The second kappa shape index (κ2) is 5.55. The van der Waals surface area contributed by atoms with E-state index in [-0.39, 0.29) is 6.61 Å². The van der Waals surface area contributed by atoms with Gasteiger partial charge in [-0.2, -0.15) is 0 Å². The molecule has 0 spiro atoms. The molecule has 104 valence electrons. The van der Waals surface area contributed by atoms with Gasteiger partial charge in [0.2, 0.25) is 0 Å². The number of hydrogen-bond donors (Lipinski definition) is 1. The van der Waals surface area contributed by atoms with Crippen molar-refractivity contribution in [3.05, 3.63) is 53.6 Å². The van der Waals surface area contributed by atoms with Gasteiger partial charge >= 0.3 is 0 Å². The first-order valence-corrected chi connectivity index (χ1v) is 6.99. The van der Waals surface area contributed by atoms with Gasteiger partial charge in [0, 0.05) is 12.2 Å². The lowest BCUT2D eigenvalue weighted by Gasteiger charge is -2.24. The van der Waals surface area contributed by atoms with Crippen LogP contribution in [0.1, 0.15) is 17.5 Å². The average molecular weight is 269 g/mol. The fourth-order valence-corrected chi connectivity index (χ4v) is 2.62. The maximum atomic E-state index is 9.29. The number of hydrogen-bond acceptors (Lipinski definition) is 3. The number of aliphatic hydroxyl groups is 1. The van der Waals surface area contributed by atoms with E-state index in [2.05, 4.69) is 23.1 Å². The lowest BCUT2D eigenvalue weighted by Crippen LogP contribution is -2.17. The number of aliphatic hydroxyl groups excluding tert-OH is 1. The van der Waals surface area contributed by atoms with Crippen LogP contribution in [0.3, 0.4) is 0 Å². The Labute approximate surface area is 119 Å². The molecule has 2 aromatic carbocycles. The highest BCUT2D eigenvalue weighted by Crippen LogP contribution is 2.36. The topological polar surface area (TPSA) is 32.7 Å². The Morgan fingerprint density at radius 3 is 2.85 bits per heavy atom. The van der Waals surface area contributed by atoms with Crippen molar-refractivity contribution < 1.29 is 9.84 Å². The third-order valence-electron chi connectivity index (χ3n) is 3.75. The molecule has 3 nitrogen and oxygen atoms in total. The summed E-state index contributed by atoms with van der Waals surface area (Å²) < 4.78 is 5.79. The summed E-state index contributed by atoms with van der Waals surface area (Å²) in [5.41, 5.74) is 4.36. The smallest absolute Gasteiger partial charge is 0.142 e. The van der Waals surface area contributed by atoms with Gasteiger partial charge in [-0.3, -0.25) is 0 Å². The van der Waals surface area contributed by atoms with E-state index < -0.39 is 0 Å². The van der Waals surface area contributed by atoms with E-state index in [0.29, 0.717) is 0 Å². The van der Waals surface area contributed by atoms with Gasteiger partial charge in [-0.25, -0.2) is 0 Å². The Hall–Kier alpha value is -2.00. The molecule has 0 saturated carbocycles. The van der Waals surface area contributed by atoms with E-state index >= 15 is 0 Å². The average Bonchev–Trinajstić information content (AvgIpc) is 2.69. The normalized spacial score (nSPS) is 14.4. The molecule has 0 saturated heterocycles. The molecule has 3 heteroatoms. The highest BCUT2D eigenvalue weighted by molar-refractivity contribution is 5.70. The summed E-state index contributed by atoms with van der Waals surface area (Å²) in [6.45, 7) is 3.82. The van der Waals surface area contributed by atoms with Gasteiger partial charge in [0.05, 0.1) is 18.9 Å². The van der Waals surface area contributed by atoms with Crippen LogP contribution in [-0.4, -0.2) is 18.3 Å². The molecule has 1 aliphatic heterocycles. The van der Waals surface area contributed by atoms with Crippen molar-refractivity contribution in [1.82, 2.24) is 0 Å². The van der Waals surface area contributed by atoms with Gasteiger partial charge < -0.3 is 14.7 Å². The van der Waals surface area contributed by atoms with Crippen LogP contribution in [-0.2, 0) is 6.61 Å². The molecular formula is C17H19NO2. The maximum absolute atomic E-state index is 9.29. The van der Waals surface area contributed by atoms with Gasteiger partial charge in [-0.15, -0.1) is 0 Å². The summed E-state index contributed by atoms with van der Waals surface area (Å²) in [4.78, 5) is 2.29. The van der Waals surface area contributed by atoms with E-state index in [0.717, 1.165) is 47.8 Å². The van der Waals surface area contributed by atoms with Gasteiger partial charge in [0.15, 0.2) is 0 Å². The van der Waals surface area contributed by atoms with Crippen LogP contribution in [0.25, 0.3) is 0 Å². The lowest BCUT2D eigenvalue weighted by atomic mass is 10.1. The number of rotatable bonds is 2. The zero-order valence-electron chi connectivity index (χ0n) is 11.7. The molecule has 0 fully saturated rings. The molecule has 1 aliphatic rings. The second-order valence-electron chi connectivity index (χ2n) is 5.09. The Kier molecular flexibility index (Phi) is 3.61. The van der Waals surface area contributed by atoms with Crippen molar-refractivity contribution in [2.45, 2.75) is 20.0 Å². The van der Waals surface area contributed by atoms with Crippen molar-refractivity contribution in [3.8, 4) is 5.75 Å². The van der Waals surface area contributed by atoms with Crippen LogP contribution in [0.2, 0.25) is 0 Å². The molecule has 1 N–H and O–H groups in total. The quantitative estimate of drug-likeness (QED) is 0.907. The number of fused-ring (bicyclic) bond motifs is 1. The van der Waals surface area contributed by atoms with Gasteiger partial charge in [-0.1, -0.05) is 18.2 Å². The number of para-hydroxylation sites is 2. The van der Waals surface area contributed by atoms with E-state index in [1.807, 2.05) is 31.2 Å². The van der Waals surface area contributed by atoms with Crippen LogP contribution in [0, 0.1) is 6.92 Å². The van der Waals surface area contributed by atoms with Crippen molar-refractivity contribution in [2.75, 3.05) is 18.1 Å². The number of nitrogens with zero attached hydrogens (tertiary/aromatic N) is 1. The Morgan fingerprint density at radius 1 is 1.20 bits per heavy atom. The minimum atomic E-state index is 0.0891. The Morgan fingerprint density at radius 2 is 2.05 bits per heavy atom. The standard InChI is InChI=1S/C17H19NO2/c1-13-11-15(8-7-14(13)12-19)18-9-4-10-20-17-6-3-2-5-16(17)18/h2-3,5-8,11,19H,4,9-10,12H2,1H3. The summed E-state index contributed by atoms with van der Waals surface area (Å²) >= 11 is 0. The summed E-state index contributed by atoms with van der Waals surface area (Å²) in [5.74, 6) is 0.939. The number of anilines is 2. The van der Waals surface area contributed by atoms with Gasteiger partial charge in [-0.05, 0) is 48.7 Å². The second-order valence-corrected chi connectivity index (χ2v) is 5.09. The SMILES string of the molecule is Cc1cc(N2CCCOc3ccccc32)ccc1CO. The molecule has 0 atom stereocenters. The van der Waals surface area contributed by atoms with Crippen molar-refractivity contribution in [3.63, 3.8) is 0 Å². The van der Waals surface area contributed by atoms with Crippen LogP contribution in [0.4, 0.5) is 11.4 Å². The maximum Gasteiger partial charge on any atom is 0.142 e. The molecule has 0 bridgehead atoms. The van der Waals surface area contributed by atoms with Gasteiger partial charge in [0.25, 0.3) is 0 Å². The molecule has 20 heavy (non-hydrogen) atoms. The van der Waals surface area contributed by atoms with E-state index in [4.69, 9.17) is 4.74 Å². The molecule has 2 aromatic rings. The lowest BCUT2D eigenvalue weighted by molar-refractivity contribution is 0.281. The monoisotopic (exact) mass is 269 g/mol. The van der Waals surface area contributed by atoms with Crippen LogP contribution in [0.5, 0.6) is 5.75 Å². The predicted molar refractivity (Wildman–Crippen MR) is 80.7 cm³/mol. The highest BCUT2D eigenvalue weighted by Gasteiger charge is 2.17. The Bertz CT molecular complexity index is 610. The summed E-state index contributed by atoms with van der Waals surface area (Å²) in [6.07, 6.45) is 0.996.